The quantitative estimate of drug-likeness (QED) is 0.256. The van der Waals surface area contributed by atoms with Crippen LogP contribution in [0.3, 0.4) is 0 Å². The van der Waals surface area contributed by atoms with Gasteiger partial charge in [0.25, 0.3) is 0 Å². The SMILES string of the molecule is O.O=C(O)CN(CCN(CC(=O)O)CC(=O)O)CC(=O)O.[Rh+2]. The monoisotopic (exact) mass is 413 g/mol. The van der Waals surface area contributed by atoms with Crippen LogP contribution in [0.5, 0.6) is 0 Å². The maximum absolute atomic E-state index is 10.6. The molecule has 0 saturated heterocycles. The van der Waals surface area contributed by atoms with Gasteiger partial charge >= 0.3 is 43.4 Å². The van der Waals surface area contributed by atoms with Crippen LogP contribution in [-0.2, 0) is 38.7 Å². The van der Waals surface area contributed by atoms with E-state index in [0.717, 1.165) is 9.80 Å². The molecule has 0 amide bonds. The number of rotatable bonds is 11. The number of carboxylic acid groups (broad SMARTS) is 4. The van der Waals surface area contributed by atoms with Crippen molar-refractivity contribution in [3.05, 3.63) is 0 Å². The van der Waals surface area contributed by atoms with Crippen molar-refractivity contribution in [3.8, 4) is 0 Å². The standard InChI is InChI=1S/C10H16N2O8.H2O.Rh/c13-7(14)3-11(4-8(15)16)1-2-12(5-9(17)18)6-10(19)20;;/h1-6H2,(H,13,14)(H,15,16)(H,17,18)(H,19,20);1H2;/q;;+2. The summed E-state index contributed by atoms with van der Waals surface area (Å²) in [5.41, 5.74) is 0. The van der Waals surface area contributed by atoms with Crippen LogP contribution in [0.15, 0.2) is 0 Å². The van der Waals surface area contributed by atoms with Gasteiger partial charge in [-0.15, -0.1) is 0 Å². The van der Waals surface area contributed by atoms with Crippen LogP contribution in [0.1, 0.15) is 0 Å². The largest absolute Gasteiger partial charge is 2.00 e. The molecule has 0 aliphatic carbocycles. The molecular formula is C10H18N2O9Rh+2. The van der Waals surface area contributed by atoms with Crippen LogP contribution in [0.2, 0.25) is 0 Å². The van der Waals surface area contributed by atoms with Crippen LogP contribution in [-0.4, -0.2) is 98.8 Å². The van der Waals surface area contributed by atoms with E-state index >= 15 is 0 Å². The van der Waals surface area contributed by atoms with E-state index in [1.807, 2.05) is 0 Å². The van der Waals surface area contributed by atoms with E-state index < -0.39 is 50.1 Å². The fourth-order valence-electron chi connectivity index (χ4n) is 1.48. The fraction of sp³-hybridized carbons (Fsp3) is 0.600. The van der Waals surface area contributed by atoms with Gasteiger partial charge in [-0.25, -0.2) is 0 Å². The summed E-state index contributed by atoms with van der Waals surface area (Å²) in [7, 11) is 0. The maximum atomic E-state index is 10.6. The van der Waals surface area contributed by atoms with Gasteiger partial charge in [-0.3, -0.25) is 29.0 Å². The number of nitrogens with zero attached hydrogens (tertiary/aromatic N) is 2. The number of hydrogen-bond acceptors (Lipinski definition) is 6. The molecule has 0 aliphatic heterocycles. The van der Waals surface area contributed by atoms with E-state index in [1.165, 1.54) is 0 Å². The molecule has 0 aromatic rings. The Morgan fingerprint density at radius 3 is 0.909 bits per heavy atom. The molecular weight excluding hydrogens is 395 g/mol. The Labute approximate surface area is 138 Å². The molecule has 11 nitrogen and oxygen atoms in total. The van der Waals surface area contributed by atoms with Crippen molar-refractivity contribution in [1.82, 2.24) is 9.80 Å². The first-order valence-electron chi connectivity index (χ1n) is 5.52. The van der Waals surface area contributed by atoms with Crippen molar-refractivity contribution < 1.29 is 64.6 Å². The Balaban J connectivity index is -0.00000180. The molecule has 0 rings (SSSR count). The molecule has 0 spiro atoms. The second kappa shape index (κ2) is 13.1. The van der Waals surface area contributed by atoms with Gasteiger partial charge in [0.2, 0.25) is 0 Å². The molecule has 1 radical (unpaired) electrons. The summed E-state index contributed by atoms with van der Waals surface area (Å²) >= 11 is 0. The predicted octanol–water partition coefficient (Wildman–Crippen LogP) is -2.90. The molecule has 6 N–H and O–H groups in total. The van der Waals surface area contributed by atoms with Crippen molar-refractivity contribution in [2.24, 2.45) is 0 Å². The summed E-state index contributed by atoms with van der Waals surface area (Å²) in [4.78, 5) is 44.4. The summed E-state index contributed by atoms with van der Waals surface area (Å²) in [5, 5.41) is 34.5. The van der Waals surface area contributed by atoms with Gasteiger partial charge in [-0.05, 0) is 0 Å². The molecule has 0 aromatic carbocycles. The Morgan fingerprint density at radius 2 is 0.773 bits per heavy atom. The Morgan fingerprint density at radius 1 is 0.591 bits per heavy atom. The van der Waals surface area contributed by atoms with Crippen molar-refractivity contribution in [1.29, 1.82) is 0 Å². The minimum Gasteiger partial charge on any atom is -0.480 e. The summed E-state index contributed by atoms with van der Waals surface area (Å²) in [6.45, 7) is -2.25. The third-order valence-corrected chi connectivity index (χ3v) is 2.17. The third kappa shape index (κ3) is 14.8. The minimum absolute atomic E-state index is 0. The number of carbonyl (C=O) groups is 4. The molecule has 12 heteroatoms. The fourth-order valence-corrected chi connectivity index (χ4v) is 1.48. The van der Waals surface area contributed by atoms with Crippen molar-refractivity contribution in [2.45, 2.75) is 0 Å². The molecule has 0 fully saturated rings. The first-order valence-corrected chi connectivity index (χ1v) is 5.52. The van der Waals surface area contributed by atoms with Gasteiger partial charge in [0.1, 0.15) is 0 Å². The molecule has 0 saturated carbocycles. The van der Waals surface area contributed by atoms with Crippen molar-refractivity contribution in [3.63, 3.8) is 0 Å². The molecule has 22 heavy (non-hydrogen) atoms. The molecule has 0 aromatic heterocycles. The van der Waals surface area contributed by atoms with E-state index in [2.05, 4.69) is 0 Å². The third-order valence-electron chi connectivity index (χ3n) is 2.17. The zero-order valence-electron chi connectivity index (χ0n) is 11.4. The molecule has 0 atom stereocenters. The average Bonchev–Trinajstić information content (AvgIpc) is 2.22. The number of carboxylic acids is 4. The molecule has 0 heterocycles. The van der Waals surface area contributed by atoms with E-state index in [9.17, 15) is 19.2 Å². The van der Waals surface area contributed by atoms with Gasteiger partial charge in [-0.1, -0.05) is 0 Å². The summed E-state index contributed by atoms with van der Waals surface area (Å²) in [6, 6.07) is 0. The molecule has 0 aliphatic rings. The normalized spacial score (nSPS) is 9.73. The smallest absolute Gasteiger partial charge is 0.480 e. The van der Waals surface area contributed by atoms with Crippen LogP contribution in [0, 0.1) is 0 Å². The van der Waals surface area contributed by atoms with Gasteiger partial charge in [0, 0.05) is 13.1 Å². The van der Waals surface area contributed by atoms with Gasteiger partial charge in [-0.2, -0.15) is 0 Å². The Bertz CT molecular complexity index is 323. The van der Waals surface area contributed by atoms with Gasteiger partial charge < -0.3 is 25.9 Å². The van der Waals surface area contributed by atoms with E-state index in [4.69, 9.17) is 20.4 Å². The minimum atomic E-state index is -1.23. The first kappa shape index (κ1) is 25.3. The number of hydrogen-bond donors (Lipinski definition) is 4. The topological polar surface area (TPSA) is 187 Å². The summed E-state index contributed by atoms with van der Waals surface area (Å²) in [5.74, 6) is -4.91. The van der Waals surface area contributed by atoms with Gasteiger partial charge in [0.05, 0.1) is 26.2 Å². The van der Waals surface area contributed by atoms with Crippen molar-refractivity contribution >= 4 is 23.9 Å². The molecule has 129 valence electrons. The van der Waals surface area contributed by atoms with E-state index in [-0.39, 0.29) is 38.0 Å². The van der Waals surface area contributed by atoms with Gasteiger partial charge in [0.15, 0.2) is 0 Å². The second-order valence-electron chi connectivity index (χ2n) is 4.00. The number of aliphatic carboxylic acids is 4. The van der Waals surface area contributed by atoms with Crippen LogP contribution in [0.25, 0.3) is 0 Å². The zero-order valence-corrected chi connectivity index (χ0v) is 13.0. The Kier molecular flexibility index (Phi) is 15.1. The van der Waals surface area contributed by atoms with Crippen molar-refractivity contribution in [2.75, 3.05) is 39.3 Å². The Hall–Kier alpha value is -1.62. The maximum Gasteiger partial charge on any atom is 2.00 e. The second-order valence-corrected chi connectivity index (χ2v) is 4.00. The summed E-state index contributed by atoms with van der Waals surface area (Å²) < 4.78 is 0. The summed E-state index contributed by atoms with van der Waals surface area (Å²) in [6.07, 6.45) is 0. The zero-order chi connectivity index (χ0) is 15.7. The van der Waals surface area contributed by atoms with E-state index in [1.54, 1.807) is 0 Å². The predicted molar refractivity (Wildman–Crippen MR) is 67.0 cm³/mol. The van der Waals surface area contributed by atoms with Crippen LogP contribution < -0.4 is 0 Å². The average molecular weight is 413 g/mol. The van der Waals surface area contributed by atoms with E-state index in [0.29, 0.717) is 0 Å². The van der Waals surface area contributed by atoms with Crippen LogP contribution >= 0.6 is 0 Å². The molecule has 0 bridgehead atoms. The first-order chi connectivity index (χ1) is 9.20. The molecule has 0 unspecified atom stereocenters. The van der Waals surface area contributed by atoms with Crippen LogP contribution in [0.4, 0.5) is 0 Å².